The van der Waals surface area contributed by atoms with Crippen LogP contribution < -0.4 is 0 Å². The third-order valence-corrected chi connectivity index (χ3v) is 5.21. The minimum atomic E-state index is 0.576. The summed E-state index contributed by atoms with van der Waals surface area (Å²) in [5.74, 6) is 1.60. The normalized spacial score (nSPS) is 11.4. The van der Waals surface area contributed by atoms with E-state index in [1.807, 2.05) is 19.1 Å². The second-order valence-electron chi connectivity index (χ2n) is 4.87. The van der Waals surface area contributed by atoms with Gasteiger partial charge in [-0.3, -0.25) is 0 Å². The molecule has 0 radical (unpaired) electrons. The number of rotatable bonds is 5. The first-order valence-electron chi connectivity index (χ1n) is 6.80. The van der Waals surface area contributed by atoms with Gasteiger partial charge in [-0.15, -0.1) is 22.9 Å². The van der Waals surface area contributed by atoms with Crippen molar-refractivity contribution in [3.8, 4) is 0 Å². The first-order valence-corrected chi connectivity index (χ1v) is 8.94. The minimum absolute atomic E-state index is 0.576. The van der Waals surface area contributed by atoms with Crippen molar-refractivity contribution in [2.45, 2.75) is 26.3 Å². The molecular weight excluding hydrogens is 370 g/mol. The van der Waals surface area contributed by atoms with Gasteiger partial charge in [0, 0.05) is 29.4 Å². The second kappa shape index (κ2) is 6.46. The summed E-state index contributed by atoms with van der Waals surface area (Å²) in [5, 5.41) is 0. The summed E-state index contributed by atoms with van der Waals surface area (Å²) >= 11 is 11.2. The molecule has 0 saturated heterocycles. The number of aryl methyl sites for hydroxylation is 4. The molecule has 3 aromatic rings. The number of pyridine rings is 1. The van der Waals surface area contributed by atoms with Crippen molar-refractivity contribution < 1.29 is 0 Å². The Kier molecular flexibility index (Phi) is 4.62. The van der Waals surface area contributed by atoms with Gasteiger partial charge < -0.3 is 4.57 Å². The molecule has 0 aliphatic heterocycles. The van der Waals surface area contributed by atoms with E-state index in [1.165, 1.54) is 8.66 Å². The predicted octanol–water partition coefficient (Wildman–Crippen LogP) is 4.59. The highest BCUT2D eigenvalue weighted by atomic mass is 79.9. The van der Waals surface area contributed by atoms with Crippen molar-refractivity contribution in [3.63, 3.8) is 0 Å². The summed E-state index contributed by atoms with van der Waals surface area (Å²) in [6.07, 6.45) is 1.75. The zero-order valence-corrected chi connectivity index (χ0v) is 14.8. The lowest BCUT2D eigenvalue weighted by Gasteiger charge is -2.07. The molecule has 3 heterocycles. The molecule has 0 bridgehead atoms. The molecule has 0 spiro atoms. The van der Waals surface area contributed by atoms with E-state index in [9.17, 15) is 0 Å². The number of hydrogen-bond acceptors (Lipinski definition) is 3. The Balaban J connectivity index is 1.94. The van der Waals surface area contributed by atoms with Gasteiger partial charge in [0.1, 0.15) is 11.3 Å². The number of hydrogen-bond donors (Lipinski definition) is 0. The Bertz CT molecular complexity index is 765. The molecule has 3 rings (SSSR count). The number of halogens is 2. The summed E-state index contributed by atoms with van der Waals surface area (Å²) in [5.41, 5.74) is 2.93. The van der Waals surface area contributed by atoms with E-state index in [-0.39, 0.29) is 0 Å². The van der Waals surface area contributed by atoms with Gasteiger partial charge in [-0.1, -0.05) is 0 Å². The lowest BCUT2D eigenvalue weighted by atomic mass is 10.3. The summed E-state index contributed by atoms with van der Waals surface area (Å²) in [6, 6.07) is 8.29. The molecule has 110 valence electrons. The highest BCUT2D eigenvalue weighted by Crippen LogP contribution is 2.24. The highest BCUT2D eigenvalue weighted by Gasteiger charge is 2.12. The Morgan fingerprint density at radius 1 is 1.19 bits per heavy atom. The lowest BCUT2D eigenvalue weighted by molar-refractivity contribution is 0.674. The maximum Gasteiger partial charge on any atom is 0.160 e. The topological polar surface area (TPSA) is 30.7 Å². The summed E-state index contributed by atoms with van der Waals surface area (Å²) in [4.78, 5) is 10.7. The molecule has 0 N–H and O–H groups in total. The first kappa shape index (κ1) is 15.0. The van der Waals surface area contributed by atoms with Crippen LogP contribution in [-0.2, 0) is 19.4 Å². The largest absolute Gasteiger partial charge is 0.312 e. The fourth-order valence-electron chi connectivity index (χ4n) is 2.36. The van der Waals surface area contributed by atoms with Crippen molar-refractivity contribution in [2.75, 3.05) is 5.88 Å². The van der Waals surface area contributed by atoms with E-state index in [0.717, 1.165) is 42.1 Å². The lowest BCUT2D eigenvalue weighted by Crippen LogP contribution is -2.07. The molecule has 0 saturated carbocycles. The standard InChI is InChI=1S/C15H15BrClN3S/c1-10-2-4-12-15(18-10)20(14(19-12)6-8-17)9-7-11-3-5-13(16)21-11/h2-5H,6-9H2,1H3. The SMILES string of the molecule is Cc1ccc2nc(CCCl)n(CCc3ccc(Br)s3)c2n1. The summed E-state index contributed by atoms with van der Waals surface area (Å²) < 4.78 is 3.38. The van der Waals surface area contributed by atoms with Crippen molar-refractivity contribution >= 4 is 50.0 Å². The molecular formula is C15H15BrClN3S. The van der Waals surface area contributed by atoms with Gasteiger partial charge in [0.05, 0.1) is 3.79 Å². The number of fused-ring (bicyclic) bond motifs is 1. The molecule has 0 amide bonds. The van der Waals surface area contributed by atoms with E-state index in [1.54, 1.807) is 11.3 Å². The predicted molar refractivity (Wildman–Crippen MR) is 92.4 cm³/mol. The van der Waals surface area contributed by atoms with Gasteiger partial charge in [0.2, 0.25) is 0 Å². The van der Waals surface area contributed by atoms with E-state index in [4.69, 9.17) is 11.6 Å². The maximum absolute atomic E-state index is 5.91. The zero-order chi connectivity index (χ0) is 14.8. The third kappa shape index (κ3) is 3.30. The van der Waals surface area contributed by atoms with Gasteiger partial charge in [-0.05, 0) is 53.5 Å². The smallest absolute Gasteiger partial charge is 0.160 e. The van der Waals surface area contributed by atoms with E-state index in [2.05, 4.69) is 42.6 Å². The first-order chi connectivity index (χ1) is 10.2. The molecule has 0 aliphatic rings. The molecule has 0 atom stereocenters. The van der Waals surface area contributed by atoms with Gasteiger partial charge >= 0.3 is 0 Å². The quantitative estimate of drug-likeness (QED) is 0.602. The number of alkyl halides is 1. The average Bonchev–Trinajstić information content (AvgIpc) is 3.01. The van der Waals surface area contributed by atoms with E-state index < -0.39 is 0 Å². The van der Waals surface area contributed by atoms with Crippen molar-refractivity contribution in [1.29, 1.82) is 0 Å². The highest BCUT2D eigenvalue weighted by molar-refractivity contribution is 9.11. The van der Waals surface area contributed by atoms with Crippen LogP contribution in [0.2, 0.25) is 0 Å². The Hall–Kier alpha value is -0.910. The van der Waals surface area contributed by atoms with E-state index >= 15 is 0 Å². The molecule has 3 nitrogen and oxygen atoms in total. The monoisotopic (exact) mass is 383 g/mol. The zero-order valence-electron chi connectivity index (χ0n) is 11.6. The molecule has 6 heteroatoms. The van der Waals surface area contributed by atoms with Crippen LogP contribution in [0, 0.1) is 6.92 Å². The van der Waals surface area contributed by atoms with Crippen LogP contribution in [0.15, 0.2) is 28.1 Å². The molecule has 3 aromatic heterocycles. The molecule has 0 unspecified atom stereocenters. The fourth-order valence-corrected chi connectivity index (χ4v) is 4.00. The van der Waals surface area contributed by atoms with Crippen molar-refractivity contribution in [1.82, 2.24) is 14.5 Å². The summed E-state index contributed by atoms with van der Waals surface area (Å²) in [7, 11) is 0. The van der Waals surface area contributed by atoms with Crippen LogP contribution in [-0.4, -0.2) is 20.4 Å². The maximum atomic E-state index is 5.91. The van der Waals surface area contributed by atoms with Gasteiger partial charge in [-0.25, -0.2) is 9.97 Å². The van der Waals surface area contributed by atoms with Gasteiger partial charge in [-0.2, -0.15) is 0 Å². The van der Waals surface area contributed by atoms with E-state index in [0.29, 0.717) is 5.88 Å². The Morgan fingerprint density at radius 3 is 2.76 bits per heavy atom. The van der Waals surface area contributed by atoms with Crippen LogP contribution >= 0.6 is 38.9 Å². The van der Waals surface area contributed by atoms with Crippen LogP contribution in [0.3, 0.4) is 0 Å². The Morgan fingerprint density at radius 2 is 2.05 bits per heavy atom. The minimum Gasteiger partial charge on any atom is -0.312 e. The Labute approximate surface area is 141 Å². The van der Waals surface area contributed by atoms with Crippen molar-refractivity contribution in [3.05, 3.63) is 44.4 Å². The van der Waals surface area contributed by atoms with Gasteiger partial charge in [0.15, 0.2) is 5.65 Å². The molecule has 0 aromatic carbocycles. The number of nitrogens with zero attached hydrogens (tertiary/aromatic N) is 3. The van der Waals surface area contributed by atoms with Crippen LogP contribution in [0.1, 0.15) is 16.4 Å². The van der Waals surface area contributed by atoms with Crippen molar-refractivity contribution in [2.24, 2.45) is 0 Å². The average molecular weight is 385 g/mol. The van der Waals surface area contributed by atoms with Crippen LogP contribution in [0.5, 0.6) is 0 Å². The number of imidazole rings is 1. The third-order valence-electron chi connectivity index (χ3n) is 3.34. The van der Waals surface area contributed by atoms with Crippen LogP contribution in [0.4, 0.5) is 0 Å². The second-order valence-corrected chi connectivity index (χ2v) is 7.80. The van der Waals surface area contributed by atoms with Crippen LogP contribution in [0.25, 0.3) is 11.2 Å². The fraction of sp³-hybridized carbons (Fsp3) is 0.333. The molecule has 0 aliphatic carbocycles. The molecule has 0 fully saturated rings. The number of aromatic nitrogens is 3. The van der Waals surface area contributed by atoms with Gasteiger partial charge in [0.25, 0.3) is 0 Å². The molecule has 21 heavy (non-hydrogen) atoms. The summed E-state index contributed by atoms with van der Waals surface area (Å²) in [6.45, 7) is 2.89. The number of thiophene rings is 1.